The van der Waals surface area contributed by atoms with Crippen LogP contribution in [0.3, 0.4) is 0 Å². The van der Waals surface area contributed by atoms with Crippen LogP contribution in [0.4, 0.5) is 5.82 Å². The number of amides is 1. The van der Waals surface area contributed by atoms with E-state index in [-0.39, 0.29) is 17.5 Å². The highest BCUT2D eigenvalue weighted by Gasteiger charge is 2.38. The minimum atomic E-state index is -1.01. The Morgan fingerprint density at radius 3 is 2.38 bits per heavy atom. The average Bonchev–Trinajstić information content (AvgIpc) is 3.78. The van der Waals surface area contributed by atoms with E-state index in [1.807, 2.05) is 92.9 Å². The molecule has 0 spiro atoms. The van der Waals surface area contributed by atoms with Crippen molar-refractivity contribution < 1.29 is 19.4 Å². The number of aryl methyl sites for hydroxylation is 5. The number of hydrogen-bond acceptors (Lipinski definition) is 5. The van der Waals surface area contributed by atoms with Gasteiger partial charge in [-0.2, -0.15) is 5.10 Å². The average molecular weight is 790 g/mol. The monoisotopic (exact) mass is 788 g/mol. The minimum absolute atomic E-state index is 0.141. The summed E-state index contributed by atoms with van der Waals surface area (Å²) in [5.41, 5.74) is 10.0. The van der Waals surface area contributed by atoms with E-state index in [1.54, 1.807) is 24.5 Å². The Bertz CT molecular complexity index is 2690. The number of carboxylic acids is 1. The number of benzene rings is 3. The van der Waals surface area contributed by atoms with E-state index in [4.69, 9.17) is 33.0 Å². The highest BCUT2D eigenvalue weighted by atomic mass is 35.5. The zero-order valence-electron chi connectivity index (χ0n) is 32.2. The van der Waals surface area contributed by atoms with Crippen LogP contribution in [0.1, 0.15) is 73.9 Å². The Balaban J connectivity index is 1.28. The molecule has 1 atom stereocenters. The predicted octanol–water partition coefficient (Wildman–Crippen LogP) is 9.91. The summed E-state index contributed by atoms with van der Waals surface area (Å²) >= 11 is 13.6. The third kappa shape index (κ3) is 6.30. The van der Waals surface area contributed by atoms with E-state index in [0.29, 0.717) is 49.1 Å². The highest BCUT2D eigenvalue weighted by molar-refractivity contribution is 6.35. The zero-order chi connectivity index (χ0) is 39.6. The molecule has 10 nitrogen and oxygen atoms in total. The minimum Gasteiger partial charge on any atom is -0.494 e. The fourth-order valence-electron chi connectivity index (χ4n) is 8.38. The van der Waals surface area contributed by atoms with Gasteiger partial charge in [0, 0.05) is 71.2 Å². The second-order valence-corrected chi connectivity index (χ2v) is 15.6. The number of anilines is 1. The Kier molecular flexibility index (Phi) is 9.66. The quantitative estimate of drug-likeness (QED) is 0.138. The van der Waals surface area contributed by atoms with Crippen LogP contribution in [0.15, 0.2) is 73.1 Å². The number of rotatable bonds is 10. The van der Waals surface area contributed by atoms with Crippen LogP contribution in [-0.2, 0) is 20.0 Å². The van der Waals surface area contributed by atoms with E-state index >= 15 is 4.79 Å². The number of aromatic nitrogens is 5. The zero-order valence-corrected chi connectivity index (χ0v) is 33.7. The molecule has 0 fully saturated rings. The first kappa shape index (κ1) is 37.3. The summed E-state index contributed by atoms with van der Waals surface area (Å²) in [4.78, 5) is 33.4. The Labute approximate surface area is 334 Å². The first-order valence-electron chi connectivity index (χ1n) is 18.7. The number of aromatic carboxylic acids is 1. The van der Waals surface area contributed by atoms with Gasteiger partial charge in [-0.15, -0.1) is 0 Å². The molecule has 5 heterocycles. The lowest BCUT2D eigenvalue weighted by Gasteiger charge is -2.34. The molecule has 0 bridgehead atoms. The molecule has 0 aliphatic carbocycles. The fourth-order valence-corrected chi connectivity index (χ4v) is 8.73. The molecule has 12 heteroatoms. The molecular formula is C44H42Cl2N6O4. The number of carbonyl (C=O) groups excluding carboxylic acids is 1. The van der Waals surface area contributed by atoms with E-state index in [0.717, 1.165) is 77.3 Å². The van der Waals surface area contributed by atoms with E-state index in [9.17, 15) is 9.90 Å². The predicted molar refractivity (Wildman–Crippen MR) is 222 cm³/mol. The van der Waals surface area contributed by atoms with Crippen molar-refractivity contribution in [2.24, 2.45) is 7.05 Å². The second-order valence-electron chi connectivity index (χ2n) is 14.8. The van der Waals surface area contributed by atoms with Crippen LogP contribution in [0.2, 0.25) is 10.0 Å². The number of hydrogen-bond donors (Lipinski definition) is 1. The summed E-state index contributed by atoms with van der Waals surface area (Å²) in [6.07, 6.45) is 4.72. The third-order valence-corrected chi connectivity index (χ3v) is 12.0. The molecule has 7 aromatic rings. The van der Waals surface area contributed by atoms with Crippen molar-refractivity contribution in [1.29, 1.82) is 0 Å². The highest BCUT2D eigenvalue weighted by Crippen LogP contribution is 2.45. The van der Waals surface area contributed by atoms with Gasteiger partial charge in [0.2, 0.25) is 0 Å². The number of carboxylic acid groups (broad SMARTS) is 1. The van der Waals surface area contributed by atoms with Gasteiger partial charge in [0.1, 0.15) is 17.3 Å². The molecule has 0 saturated heterocycles. The van der Waals surface area contributed by atoms with Crippen LogP contribution >= 0.6 is 23.2 Å². The molecule has 0 saturated carbocycles. The molecule has 8 rings (SSSR count). The first-order chi connectivity index (χ1) is 26.8. The maximum atomic E-state index is 15.3. The smallest absolute Gasteiger partial charge is 0.335 e. The van der Waals surface area contributed by atoms with Gasteiger partial charge in [0.15, 0.2) is 0 Å². The fraction of sp³-hybridized carbons (Fsp3) is 0.273. The normalized spacial score (nSPS) is 14.2. The van der Waals surface area contributed by atoms with Crippen LogP contribution in [0, 0.1) is 27.7 Å². The molecule has 1 amide bonds. The lowest BCUT2D eigenvalue weighted by atomic mass is 9.98. The summed E-state index contributed by atoms with van der Waals surface area (Å²) in [6.45, 7) is 11.4. The van der Waals surface area contributed by atoms with Crippen LogP contribution in [0.25, 0.3) is 32.9 Å². The maximum Gasteiger partial charge on any atom is 0.335 e. The van der Waals surface area contributed by atoms with E-state index in [2.05, 4.69) is 21.0 Å². The van der Waals surface area contributed by atoms with Crippen molar-refractivity contribution in [1.82, 2.24) is 23.9 Å². The Morgan fingerprint density at radius 1 is 0.964 bits per heavy atom. The van der Waals surface area contributed by atoms with E-state index in [1.165, 1.54) is 0 Å². The van der Waals surface area contributed by atoms with Crippen molar-refractivity contribution in [2.75, 3.05) is 18.1 Å². The molecular weight excluding hydrogens is 747 g/mol. The largest absolute Gasteiger partial charge is 0.494 e. The topological polar surface area (TPSA) is 107 Å². The third-order valence-electron chi connectivity index (χ3n) is 11.1. The molecule has 3 aromatic carbocycles. The van der Waals surface area contributed by atoms with Gasteiger partial charge >= 0.3 is 5.97 Å². The van der Waals surface area contributed by atoms with Crippen LogP contribution in [-0.4, -0.2) is 54.0 Å². The number of pyridine rings is 1. The number of ether oxygens (including phenoxy) is 1. The molecule has 56 heavy (non-hydrogen) atoms. The number of halogens is 2. The van der Waals surface area contributed by atoms with Gasteiger partial charge in [-0.1, -0.05) is 29.3 Å². The molecule has 1 aliphatic rings. The second kappa shape index (κ2) is 14.5. The number of carbonyl (C=O) groups is 2. The van der Waals surface area contributed by atoms with Gasteiger partial charge < -0.3 is 19.0 Å². The van der Waals surface area contributed by atoms with Gasteiger partial charge in [-0.25, -0.2) is 4.79 Å². The maximum absolute atomic E-state index is 15.3. The molecule has 1 aliphatic heterocycles. The summed E-state index contributed by atoms with van der Waals surface area (Å²) in [5.74, 6) is 0.297. The molecule has 4 aromatic heterocycles. The van der Waals surface area contributed by atoms with Crippen molar-refractivity contribution in [3.63, 3.8) is 0 Å². The van der Waals surface area contributed by atoms with Gasteiger partial charge in [-0.05, 0) is 124 Å². The number of nitrogens with zero attached hydrogens (tertiary/aromatic N) is 6. The van der Waals surface area contributed by atoms with Crippen molar-refractivity contribution >= 4 is 62.7 Å². The summed E-state index contributed by atoms with van der Waals surface area (Å²) in [7, 11) is 1.93. The van der Waals surface area contributed by atoms with Crippen molar-refractivity contribution in [2.45, 2.75) is 60.0 Å². The lowest BCUT2D eigenvalue weighted by Crippen LogP contribution is -2.43. The van der Waals surface area contributed by atoms with Crippen molar-refractivity contribution in [3.8, 4) is 16.9 Å². The summed E-state index contributed by atoms with van der Waals surface area (Å²) in [6, 6.07) is 18.6. The first-order valence-corrected chi connectivity index (χ1v) is 19.4. The lowest BCUT2D eigenvalue weighted by molar-refractivity contribution is 0.0696. The van der Waals surface area contributed by atoms with Gasteiger partial charge in [0.25, 0.3) is 5.91 Å². The van der Waals surface area contributed by atoms with Crippen LogP contribution < -0.4 is 9.64 Å². The molecule has 1 N–H and O–H groups in total. The van der Waals surface area contributed by atoms with Crippen molar-refractivity contribution in [3.05, 3.63) is 128 Å². The van der Waals surface area contributed by atoms with Crippen LogP contribution in [0.5, 0.6) is 5.75 Å². The Morgan fingerprint density at radius 2 is 1.70 bits per heavy atom. The van der Waals surface area contributed by atoms with Gasteiger partial charge in [0.05, 0.1) is 33.9 Å². The standard InChI is InChI=1S/C44H42Cl2N6O4/c1-24-18-32(19-25(2)40(24)46)56-17-7-8-33-34-10-11-35(45)39(38-27(4)48-49(6)28(38)5)41(34)52-26(3)22-51(43(53)42(33)52)37-21-31-20-30(44(54)55)9-12-36(31)50(37)23-29-13-15-47-16-14-29/h9-16,18-21,26H,7-8,17,22-23H2,1-6H3,(H,54,55)/t26-/m1/s1. The Hall–Kier alpha value is -5.58. The SMILES string of the molecule is Cc1cc(OCCCc2c3n(c4c(-c5c(C)nn(C)c5C)c(Cl)ccc24)[C@H](C)CN(c2cc4cc(C(=O)O)ccc4n2Cc2ccncc2)C3=O)cc(C)c1Cl. The molecule has 0 unspecified atom stereocenters. The summed E-state index contributed by atoms with van der Waals surface area (Å²) < 4.78 is 12.4. The number of fused-ring (bicyclic) bond motifs is 4. The molecule has 0 radical (unpaired) electrons. The van der Waals surface area contributed by atoms with Gasteiger partial charge in [-0.3, -0.25) is 19.4 Å². The van der Waals surface area contributed by atoms with E-state index < -0.39 is 5.97 Å². The molecule has 286 valence electrons. The summed E-state index contributed by atoms with van der Waals surface area (Å²) in [5, 5.41) is 17.6.